The minimum Gasteiger partial charge on any atom is -0.342 e. The highest BCUT2D eigenvalue weighted by molar-refractivity contribution is 7.09. The molecule has 5 heteroatoms. The Morgan fingerprint density at radius 2 is 2.22 bits per heavy atom. The minimum absolute atomic E-state index is 0.497. The highest BCUT2D eigenvalue weighted by Crippen LogP contribution is 2.24. The summed E-state index contributed by atoms with van der Waals surface area (Å²) in [4.78, 5) is 12.3. The summed E-state index contributed by atoms with van der Waals surface area (Å²) in [7, 11) is 0. The second kappa shape index (κ2) is 4.51. The molecule has 3 aromatic rings. The predicted molar refractivity (Wildman–Crippen MR) is 74.5 cm³/mol. The maximum absolute atomic E-state index is 5.58. The van der Waals surface area contributed by atoms with E-state index in [1.165, 1.54) is 0 Å². The van der Waals surface area contributed by atoms with Crippen LogP contribution >= 0.6 is 11.3 Å². The number of hydrogen-bond donors (Lipinski definition) is 2. The van der Waals surface area contributed by atoms with Crippen molar-refractivity contribution in [2.75, 3.05) is 0 Å². The van der Waals surface area contributed by atoms with Gasteiger partial charge in [0.05, 0.1) is 16.7 Å². The van der Waals surface area contributed by atoms with Crippen LogP contribution in [0.15, 0.2) is 23.6 Å². The van der Waals surface area contributed by atoms with Crippen molar-refractivity contribution in [1.29, 1.82) is 0 Å². The van der Waals surface area contributed by atoms with Crippen LogP contribution in [0.1, 0.15) is 17.8 Å². The van der Waals surface area contributed by atoms with Crippen LogP contribution in [0, 0.1) is 0 Å². The van der Waals surface area contributed by atoms with E-state index in [2.05, 4.69) is 34.0 Å². The summed E-state index contributed by atoms with van der Waals surface area (Å²) in [5.41, 5.74) is 9.73. The average Bonchev–Trinajstić information content (AvgIpc) is 3.03. The third kappa shape index (κ3) is 1.91. The van der Waals surface area contributed by atoms with Gasteiger partial charge in [-0.1, -0.05) is 13.0 Å². The fraction of sp³-hybridized carbons (Fsp3) is 0.231. The quantitative estimate of drug-likeness (QED) is 0.759. The average molecular weight is 258 g/mol. The first kappa shape index (κ1) is 11.4. The van der Waals surface area contributed by atoms with Gasteiger partial charge >= 0.3 is 0 Å². The molecule has 0 amide bonds. The number of nitrogens with zero attached hydrogens (tertiary/aromatic N) is 2. The standard InChI is InChI=1S/C13H14N4S/c1-2-12-15-9-4-3-8(5-10(9)16-12)11-7-18-13(6-14)17-11/h3-5,7H,2,6,14H2,1H3,(H,15,16). The lowest BCUT2D eigenvalue weighted by molar-refractivity contribution is 1.00. The largest absolute Gasteiger partial charge is 0.342 e. The van der Waals surface area contributed by atoms with Crippen LogP contribution in [-0.4, -0.2) is 15.0 Å². The Hall–Kier alpha value is -1.72. The number of H-pyrrole nitrogens is 1. The first-order valence-corrected chi connectivity index (χ1v) is 6.81. The molecule has 0 saturated heterocycles. The Labute approximate surface area is 109 Å². The number of fused-ring (bicyclic) bond motifs is 1. The van der Waals surface area contributed by atoms with Gasteiger partial charge in [-0.15, -0.1) is 11.3 Å². The third-order valence-electron chi connectivity index (χ3n) is 2.89. The normalized spacial score (nSPS) is 11.2. The molecule has 0 radical (unpaired) electrons. The van der Waals surface area contributed by atoms with Crippen molar-refractivity contribution in [3.63, 3.8) is 0 Å². The minimum atomic E-state index is 0.497. The first-order valence-electron chi connectivity index (χ1n) is 5.93. The van der Waals surface area contributed by atoms with Gasteiger partial charge in [-0.25, -0.2) is 9.97 Å². The topological polar surface area (TPSA) is 67.6 Å². The van der Waals surface area contributed by atoms with Crippen molar-refractivity contribution in [2.45, 2.75) is 19.9 Å². The van der Waals surface area contributed by atoms with Gasteiger partial charge in [0.25, 0.3) is 0 Å². The lowest BCUT2D eigenvalue weighted by Gasteiger charge is -1.96. The van der Waals surface area contributed by atoms with Crippen LogP contribution in [0.4, 0.5) is 0 Å². The van der Waals surface area contributed by atoms with Gasteiger partial charge in [-0.2, -0.15) is 0 Å². The molecule has 4 nitrogen and oxygen atoms in total. The van der Waals surface area contributed by atoms with E-state index in [9.17, 15) is 0 Å². The Balaban J connectivity index is 2.06. The van der Waals surface area contributed by atoms with Gasteiger partial charge in [0.15, 0.2) is 0 Å². The van der Waals surface area contributed by atoms with Gasteiger partial charge in [0.2, 0.25) is 0 Å². The van der Waals surface area contributed by atoms with E-state index in [0.717, 1.165) is 39.5 Å². The summed E-state index contributed by atoms with van der Waals surface area (Å²) in [5, 5.41) is 3.00. The van der Waals surface area contributed by atoms with Crippen LogP contribution in [0.25, 0.3) is 22.3 Å². The second-order valence-corrected chi connectivity index (χ2v) is 5.04. The molecule has 3 N–H and O–H groups in total. The SMILES string of the molecule is CCc1nc2ccc(-c3csc(CN)n3)cc2[nH]1. The number of benzene rings is 1. The number of aryl methyl sites for hydroxylation is 1. The number of imidazole rings is 1. The molecule has 0 saturated carbocycles. The summed E-state index contributed by atoms with van der Waals surface area (Å²) >= 11 is 1.60. The van der Waals surface area contributed by atoms with E-state index in [0.29, 0.717) is 6.54 Å². The van der Waals surface area contributed by atoms with Crippen LogP contribution in [-0.2, 0) is 13.0 Å². The lowest BCUT2D eigenvalue weighted by atomic mass is 10.1. The maximum atomic E-state index is 5.58. The fourth-order valence-corrected chi connectivity index (χ4v) is 2.61. The molecule has 0 aliphatic heterocycles. The number of rotatable bonds is 3. The van der Waals surface area contributed by atoms with Gasteiger partial charge in [0, 0.05) is 23.9 Å². The Bertz CT molecular complexity index is 683. The molecule has 0 aliphatic carbocycles. The van der Waals surface area contributed by atoms with E-state index >= 15 is 0 Å². The molecule has 0 fully saturated rings. The van der Waals surface area contributed by atoms with E-state index in [1.807, 2.05) is 11.4 Å². The Morgan fingerprint density at radius 1 is 1.33 bits per heavy atom. The lowest BCUT2D eigenvalue weighted by Crippen LogP contribution is -1.94. The first-order chi connectivity index (χ1) is 8.80. The van der Waals surface area contributed by atoms with Crippen molar-refractivity contribution in [2.24, 2.45) is 5.73 Å². The van der Waals surface area contributed by atoms with Gasteiger partial charge in [-0.3, -0.25) is 0 Å². The molecule has 18 heavy (non-hydrogen) atoms. The summed E-state index contributed by atoms with van der Waals surface area (Å²) in [6, 6.07) is 6.18. The monoisotopic (exact) mass is 258 g/mol. The van der Waals surface area contributed by atoms with Crippen LogP contribution in [0.2, 0.25) is 0 Å². The molecule has 0 unspecified atom stereocenters. The number of aromatic amines is 1. The highest BCUT2D eigenvalue weighted by atomic mass is 32.1. The Kier molecular flexibility index (Phi) is 2.85. The van der Waals surface area contributed by atoms with Crippen LogP contribution < -0.4 is 5.73 Å². The molecule has 2 aromatic heterocycles. The molecule has 0 atom stereocenters. The molecular formula is C13H14N4S. The Morgan fingerprint density at radius 3 is 2.94 bits per heavy atom. The zero-order chi connectivity index (χ0) is 12.5. The van der Waals surface area contributed by atoms with Gasteiger partial charge in [0.1, 0.15) is 10.8 Å². The zero-order valence-electron chi connectivity index (χ0n) is 10.1. The van der Waals surface area contributed by atoms with Crippen molar-refractivity contribution < 1.29 is 0 Å². The van der Waals surface area contributed by atoms with Crippen LogP contribution in [0.3, 0.4) is 0 Å². The van der Waals surface area contributed by atoms with Crippen molar-refractivity contribution in [3.05, 3.63) is 34.4 Å². The molecule has 0 spiro atoms. The van der Waals surface area contributed by atoms with E-state index in [-0.39, 0.29) is 0 Å². The van der Waals surface area contributed by atoms with Crippen LogP contribution in [0.5, 0.6) is 0 Å². The number of nitrogens with two attached hydrogens (primary N) is 1. The molecule has 3 rings (SSSR count). The number of thiazole rings is 1. The second-order valence-electron chi connectivity index (χ2n) is 4.10. The summed E-state index contributed by atoms with van der Waals surface area (Å²) in [6.45, 7) is 2.59. The molecule has 0 bridgehead atoms. The number of hydrogen-bond acceptors (Lipinski definition) is 4. The summed E-state index contributed by atoms with van der Waals surface area (Å²) in [6.07, 6.45) is 0.915. The predicted octanol–water partition coefficient (Wildman–Crippen LogP) is 2.71. The summed E-state index contributed by atoms with van der Waals surface area (Å²) < 4.78 is 0. The fourth-order valence-electron chi connectivity index (χ4n) is 1.93. The zero-order valence-corrected chi connectivity index (χ0v) is 10.9. The number of aromatic nitrogens is 3. The van der Waals surface area contributed by atoms with Crippen molar-refractivity contribution in [3.8, 4) is 11.3 Å². The van der Waals surface area contributed by atoms with Gasteiger partial charge in [-0.05, 0) is 12.1 Å². The summed E-state index contributed by atoms with van der Waals surface area (Å²) in [5.74, 6) is 1.02. The van der Waals surface area contributed by atoms with E-state index in [1.54, 1.807) is 11.3 Å². The van der Waals surface area contributed by atoms with E-state index in [4.69, 9.17) is 5.73 Å². The molecule has 92 valence electrons. The smallest absolute Gasteiger partial charge is 0.107 e. The molecular weight excluding hydrogens is 244 g/mol. The van der Waals surface area contributed by atoms with E-state index < -0.39 is 0 Å². The highest BCUT2D eigenvalue weighted by Gasteiger charge is 2.06. The molecule has 1 aromatic carbocycles. The molecule has 2 heterocycles. The van der Waals surface area contributed by atoms with Crippen molar-refractivity contribution >= 4 is 22.4 Å². The third-order valence-corrected chi connectivity index (χ3v) is 3.76. The van der Waals surface area contributed by atoms with Gasteiger partial charge < -0.3 is 10.7 Å². The number of nitrogens with one attached hydrogen (secondary N) is 1. The van der Waals surface area contributed by atoms with Crippen molar-refractivity contribution in [1.82, 2.24) is 15.0 Å². The maximum Gasteiger partial charge on any atom is 0.107 e. The molecule has 0 aliphatic rings.